The Morgan fingerprint density at radius 1 is 1.08 bits per heavy atom. The summed E-state index contributed by atoms with van der Waals surface area (Å²) in [5.74, 6) is -2.91. The Labute approximate surface area is 74.5 Å². The van der Waals surface area contributed by atoms with Crippen LogP contribution in [0, 0.1) is 5.41 Å². The van der Waals surface area contributed by atoms with Gasteiger partial charge in [-0.3, -0.25) is 9.59 Å². The summed E-state index contributed by atoms with van der Waals surface area (Å²) in [7, 11) is 0. The van der Waals surface area contributed by atoms with E-state index in [4.69, 9.17) is 21.7 Å². The molecular formula is C7H12N2O4. The van der Waals surface area contributed by atoms with Crippen LogP contribution in [-0.2, 0) is 9.59 Å². The van der Waals surface area contributed by atoms with Gasteiger partial charge in [-0.05, 0) is 19.3 Å². The van der Waals surface area contributed by atoms with Gasteiger partial charge in [-0.2, -0.15) is 0 Å². The summed E-state index contributed by atoms with van der Waals surface area (Å²) in [5, 5.41) is 17.7. The van der Waals surface area contributed by atoms with Crippen molar-refractivity contribution in [1.82, 2.24) is 0 Å². The third-order valence-electron chi connectivity index (χ3n) is 2.67. The van der Waals surface area contributed by atoms with Crippen LogP contribution in [0.25, 0.3) is 0 Å². The zero-order valence-corrected chi connectivity index (χ0v) is 6.99. The van der Waals surface area contributed by atoms with Crippen LogP contribution in [-0.4, -0.2) is 27.8 Å². The minimum atomic E-state index is -2.02. The molecule has 0 radical (unpaired) electrons. The number of rotatable bonds is 2. The standard InChI is InChI=1S/C7H12N2O4/c8-7(9)3-1-2-6(7,4(10)11)5(12)13/h1-3,8-9H2,(H,10,11)(H,12,13). The molecule has 0 amide bonds. The fourth-order valence-electron chi connectivity index (χ4n) is 1.80. The molecule has 1 saturated carbocycles. The van der Waals surface area contributed by atoms with Crippen LogP contribution < -0.4 is 11.5 Å². The lowest BCUT2D eigenvalue weighted by molar-refractivity contribution is -0.168. The quantitative estimate of drug-likeness (QED) is 0.323. The fraction of sp³-hybridized carbons (Fsp3) is 0.714. The number of nitrogens with two attached hydrogens (primary N) is 2. The van der Waals surface area contributed by atoms with Gasteiger partial charge in [0, 0.05) is 0 Å². The van der Waals surface area contributed by atoms with Gasteiger partial charge in [0.25, 0.3) is 0 Å². The van der Waals surface area contributed by atoms with Gasteiger partial charge >= 0.3 is 11.9 Å². The third-order valence-corrected chi connectivity index (χ3v) is 2.67. The molecule has 0 unspecified atom stereocenters. The molecule has 0 atom stereocenters. The van der Waals surface area contributed by atoms with Gasteiger partial charge in [0.1, 0.15) is 0 Å². The van der Waals surface area contributed by atoms with Crippen LogP contribution in [0.3, 0.4) is 0 Å². The lowest BCUT2D eigenvalue weighted by atomic mass is 9.78. The maximum absolute atomic E-state index is 10.8. The summed E-state index contributed by atoms with van der Waals surface area (Å²) in [4.78, 5) is 21.7. The molecule has 13 heavy (non-hydrogen) atoms. The molecule has 6 heteroatoms. The van der Waals surface area contributed by atoms with Crippen molar-refractivity contribution in [1.29, 1.82) is 0 Å². The lowest BCUT2D eigenvalue weighted by Crippen LogP contribution is -2.65. The topological polar surface area (TPSA) is 127 Å². The molecule has 0 aromatic heterocycles. The molecule has 6 nitrogen and oxygen atoms in total. The summed E-state index contributed by atoms with van der Waals surface area (Å²) in [6.45, 7) is 0. The third kappa shape index (κ3) is 1.10. The molecule has 6 N–H and O–H groups in total. The normalized spacial score (nSPS) is 24.2. The van der Waals surface area contributed by atoms with E-state index in [2.05, 4.69) is 0 Å². The van der Waals surface area contributed by atoms with Gasteiger partial charge in [-0.15, -0.1) is 0 Å². The second kappa shape index (κ2) is 2.68. The Morgan fingerprint density at radius 2 is 1.54 bits per heavy atom. The number of aliphatic carboxylic acids is 2. The van der Waals surface area contributed by atoms with Gasteiger partial charge in [-0.25, -0.2) is 0 Å². The van der Waals surface area contributed by atoms with Crippen molar-refractivity contribution in [3.63, 3.8) is 0 Å². The van der Waals surface area contributed by atoms with E-state index >= 15 is 0 Å². The zero-order chi connectivity index (χ0) is 10.3. The number of hydrogen-bond donors (Lipinski definition) is 4. The predicted octanol–water partition coefficient (Wildman–Crippen LogP) is -1.06. The SMILES string of the molecule is NC1(N)CCCC1(C(=O)O)C(=O)O. The molecule has 1 aliphatic carbocycles. The average molecular weight is 188 g/mol. The first-order chi connectivity index (χ1) is 5.84. The van der Waals surface area contributed by atoms with Gasteiger partial charge in [-0.1, -0.05) is 0 Å². The highest BCUT2D eigenvalue weighted by Gasteiger charge is 2.62. The summed E-state index contributed by atoms with van der Waals surface area (Å²) in [6.07, 6.45) is 0.627. The van der Waals surface area contributed by atoms with Crippen LogP contribution in [0.2, 0.25) is 0 Å². The van der Waals surface area contributed by atoms with Crippen LogP contribution in [0.5, 0.6) is 0 Å². The molecule has 0 heterocycles. The van der Waals surface area contributed by atoms with E-state index in [1.807, 2.05) is 0 Å². The van der Waals surface area contributed by atoms with Crippen molar-refractivity contribution >= 4 is 11.9 Å². The summed E-state index contributed by atoms with van der Waals surface area (Å²) in [6, 6.07) is 0. The molecule has 0 bridgehead atoms. The molecular weight excluding hydrogens is 176 g/mol. The molecule has 0 aromatic rings. The average Bonchev–Trinajstić information content (AvgIpc) is 2.25. The van der Waals surface area contributed by atoms with Crippen molar-refractivity contribution in [3.8, 4) is 0 Å². The first-order valence-corrected chi connectivity index (χ1v) is 3.89. The second-order valence-corrected chi connectivity index (χ2v) is 3.41. The first kappa shape index (κ1) is 9.94. The highest BCUT2D eigenvalue weighted by Crippen LogP contribution is 2.42. The lowest BCUT2D eigenvalue weighted by Gasteiger charge is -2.32. The van der Waals surface area contributed by atoms with Crippen LogP contribution in [0.4, 0.5) is 0 Å². The Morgan fingerprint density at radius 3 is 1.69 bits per heavy atom. The highest BCUT2D eigenvalue weighted by atomic mass is 16.4. The molecule has 1 aliphatic rings. The van der Waals surface area contributed by atoms with E-state index in [0.717, 1.165) is 0 Å². The Bertz CT molecular complexity index is 247. The van der Waals surface area contributed by atoms with Crippen molar-refractivity contribution in [2.75, 3.05) is 0 Å². The zero-order valence-electron chi connectivity index (χ0n) is 6.99. The van der Waals surface area contributed by atoms with Crippen LogP contribution in [0.15, 0.2) is 0 Å². The van der Waals surface area contributed by atoms with E-state index < -0.39 is 23.0 Å². The fourth-order valence-corrected chi connectivity index (χ4v) is 1.80. The van der Waals surface area contributed by atoms with Crippen molar-refractivity contribution in [2.45, 2.75) is 24.9 Å². The van der Waals surface area contributed by atoms with Gasteiger partial charge in [0.2, 0.25) is 0 Å². The molecule has 1 rings (SSSR count). The van der Waals surface area contributed by atoms with Crippen LogP contribution >= 0.6 is 0 Å². The van der Waals surface area contributed by atoms with Gasteiger partial charge in [0.15, 0.2) is 5.41 Å². The van der Waals surface area contributed by atoms with E-state index in [-0.39, 0.29) is 12.8 Å². The number of carboxylic acid groups (broad SMARTS) is 2. The molecule has 0 spiro atoms. The largest absolute Gasteiger partial charge is 0.480 e. The Kier molecular flexibility index (Phi) is 2.05. The first-order valence-electron chi connectivity index (χ1n) is 3.89. The molecule has 1 fully saturated rings. The molecule has 0 aliphatic heterocycles. The molecule has 74 valence electrons. The minimum Gasteiger partial charge on any atom is -0.480 e. The molecule has 0 aromatic carbocycles. The number of carbonyl (C=O) groups is 2. The van der Waals surface area contributed by atoms with E-state index in [0.29, 0.717) is 6.42 Å². The maximum Gasteiger partial charge on any atom is 0.324 e. The van der Waals surface area contributed by atoms with E-state index in [1.165, 1.54) is 0 Å². The second-order valence-electron chi connectivity index (χ2n) is 3.41. The van der Waals surface area contributed by atoms with Crippen molar-refractivity contribution < 1.29 is 19.8 Å². The predicted molar refractivity (Wildman–Crippen MR) is 42.7 cm³/mol. The van der Waals surface area contributed by atoms with Gasteiger partial charge in [0.05, 0.1) is 5.66 Å². The number of carboxylic acids is 2. The summed E-state index contributed by atoms with van der Waals surface area (Å²) < 4.78 is 0. The highest BCUT2D eigenvalue weighted by molar-refractivity contribution is 6.00. The van der Waals surface area contributed by atoms with E-state index in [9.17, 15) is 9.59 Å². The maximum atomic E-state index is 10.8. The number of hydrogen-bond acceptors (Lipinski definition) is 4. The van der Waals surface area contributed by atoms with E-state index in [1.54, 1.807) is 0 Å². The Hall–Kier alpha value is -1.14. The van der Waals surface area contributed by atoms with Gasteiger partial charge < -0.3 is 21.7 Å². The Balaban J connectivity index is 3.19. The molecule has 0 saturated heterocycles. The van der Waals surface area contributed by atoms with Crippen molar-refractivity contribution in [3.05, 3.63) is 0 Å². The van der Waals surface area contributed by atoms with Crippen molar-refractivity contribution in [2.24, 2.45) is 16.9 Å². The summed E-state index contributed by atoms with van der Waals surface area (Å²) in [5.41, 5.74) is 7.28. The summed E-state index contributed by atoms with van der Waals surface area (Å²) >= 11 is 0. The van der Waals surface area contributed by atoms with Crippen LogP contribution in [0.1, 0.15) is 19.3 Å². The smallest absolute Gasteiger partial charge is 0.324 e. The monoisotopic (exact) mass is 188 g/mol. The minimum absolute atomic E-state index is 0.00926.